The summed E-state index contributed by atoms with van der Waals surface area (Å²) in [6, 6.07) is 8.22. The summed E-state index contributed by atoms with van der Waals surface area (Å²) in [5.74, 6) is -1.51. The van der Waals surface area contributed by atoms with E-state index in [1.165, 1.54) is 42.5 Å². The minimum absolute atomic E-state index is 0.0433. The molecule has 0 unspecified atom stereocenters. The fourth-order valence-corrected chi connectivity index (χ4v) is 1.56. The molecule has 2 aromatic carbocycles. The summed E-state index contributed by atoms with van der Waals surface area (Å²) >= 11 is 0. The van der Waals surface area contributed by atoms with E-state index >= 15 is 0 Å². The third kappa shape index (κ3) is 3.66. The number of phenolic OH excluding ortho intramolecular Hbond substituents is 3. The van der Waals surface area contributed by atoms with Crippen molar-refractivity contribution in [1.29, 1.82) is 0 Å². The maximum Gasteiger partial charge on any atom is 0.336 e. The Balaban J connectivity index is 2.09. The predicted octanol–water partition coefficient (Wildman–Crippen LogP) is 2.00. The molecule has 0 amide bonds. The van der Waals surface area contributed by atoms with E-state index in [2.05, 4.69) is 0 Å². The summed E-state index contributed by atoms with van der Waals surface area (Å²) in [5, 5.41) is 28.0. The van der Waals surface area contributed by atoms with Crippen LogP contribution >= 0.6 is 0 Å². The maximum atomic E-state index is 11.6. The normalized spacial score (nSPS) is 10.7. The zero-order valence-electron chi connectivity index (χ0n) is 10.9. The molecule has 0 aliphatic carbocycles. The molecule has 2 rings (SSSR count). The average molecular weight is 287 g/mol. The highest BCUT2D eigenvalue weighted by Gasteiger charge is 2.07. The SMILES string of the molecule is Nc1ccc(O)c(OC(=O)/C=C/c2ccc(O)c(O)c2)c1. The van der Waals surface area contributed by atoms with E-state index in [4.69, 9.17) is 15.6 Å². The Kier molecular flexibility index (Phi) is 3.99. The molecule has 0 saturated carbocycles. The second-order valence-corrected chi connectivity index (χ2v) is 4.23. The van der Waals surface area contributed by atoms with Crippen LogP contribution in [0.1, 0.15) is 5.56 Å². The highest BCUT2D eigenvalue weighted by molar-refractivity contribution is 5.89. The Morgan fingerprint density at radius 2 is 1.71 bits per heavy atom. The molecule has 21 heavy (non-hydrogen) atoms. The maximum absolute atomic E-state index is 11.6. The van der Waals surface area contributed by atoms with Crippen LogP contribution in [0.2, 0.25) is 0 Å². The van der Waals surface area contributed by atoms with E-state index in [0.29, 0.717) is 11.3 Å². The Morgan fingerprint density at radius 3 is 2.43 bits per heavy atom. The smallest absolute Gasteiger partial charge is 0.336 e. The van der Waals surface area contributed by atoms with Crippen LogP contribution < -0.4 is 10.5 Å². The fourth-order valence-electron chi connectivity index (χ4n) is 1.56. The molecule has 6 heteroatoms. The van der Waals surface area contributed by atoms with Crippen molar-refractivity contribution < 1.29 is 24.9 Å². The molecule has 6 nitrogen and oxygen atoms in total. The van der Waals surface area contributed by atoms with Gasteiger partial charge in [0.2, 0.25) is 0 Å². The lowest BCUT2D eigenvalue weighted by Crippen LogP contribution is -2.04. The molecule has 108 valence electrons. The standard InChI is InChI=1S/C15H13NO5/c16-10-3-5-12(18)14(8-10)21-15(20)6-2-9-1-4-11(17)13(19)7-9/h1-8,17-19H,16H2/b6-2+. The number of ether oxygens (including phenoxy) is 1. The quantitative estimate of drug-likeness (QED) is 0.171. The summed E-state index contributed by atoms with van der Waals surface area (Å²) in [5.41, 5.74) is 6.38. The van der Waals surface area contributed by atoms with Gasteiger partial charge in [-0.25, -0.2) is 4.79 Å². The third-order valence-electron chi connectivity index (χ3n) is 2.61. The molecule has 0 spiro atoms. The van der Waals surface area contributed by atoms with Crippen molar-refractivity contribution in [2.75, 3.05) is 5.73 Å². The number of phenols is 3. The zero-order valence-corrected chi connectivity index (χ0v) is 10.9. The van der Waals surface area contributed by atoms with Gasteiger partial charge >= 0.3 is 5.97 Å². The van der Waals surface area contributed by atoms with Gasteiger partial charge in [0.15, 0.2) is 23.0 Å². The van der Waals surface area contributed by atoms with Crippen molar-refractivity contribution >= 4 is 17.7 Å². The summed E-state index contributed by atoms with van der Waals surface area (Å²) in [7, 11) is 0. The van der Waals surface area contributed by atoms with E-state index in [-0.39, 0.29) is 23.0 Å². The van der Waals surface area contributed by atoms with Gasteiger partial charge in [-0.1, -0.05) is 6.07 Å². The number of hydrogen-bond donors (Lipinski definition) is 4. The number of aromatic hydroxyl groups is 3. The Hall–Kier alpha value is -3.15. The number of anilines is 1. The molecular formula is C15H13NO5. The van der Waals surface area contributed by atoms with Gasteiger partial charge in [-0.05, 0) is 35.9 Å². The third-order valence-corrected chi connectivity index (χ3v) is 2.61. The highest BCUT2D eigenvalue weighted by Crippen LogP contribution is 2.28. The monoisotopic (exact) mass is 287 g/mol. The molecule has 0 aliphatic rings. The molecule has 0 radical (unpaired) electrons. The van der Waals surface area contributed by atoms with Crippen LogP contribution in [-0.4, -0.2) is 21.3 Å². The van der Waals surface area contributed by atoms with Crippen molar-refractivity contribution in [3.63, 3.8) is 0 Å². The van der Waals surface area contributed by atoms with Crippen molar-refractivity contribution in [2.45, 2.75) is 0 Å². The van der Waals surface area contributed by atoms with Crippen LogP contribution in [0.3, 0.4) is 0 Å². The zero-order chi connectivity index (χ0) is 15.4. The minimum atomic E-state index is -0.719. The lowest BCUT2D eigenvalue weighted by atomic mass is 10.2. The summed E-state index contributed by atoms with van der Waals surface area (Å²) < 4.78 is 4.93. The average Bonchev–Trinajstić information content (AvgIpc) is 2.44. The number of nitrogens with two attached hydrogens (primary N) is 1. The summed E-state index contributed by atoms with van der Waals surface area (Å²) in [4.78, 5) is 11.6. The first-order chi connectivity index (χ1) is 9.95. The molecule has 5 N–H and O–H groups in total. The molecule has 0 saturated heterocycles. The summed E-state index contributed by atoms with van der Waals surface area (Å²) in [6.07, 6.45) is 2.51. The van der Waals surface area contributed by atoms with Crippen LogP contribution in [0.4, 0.5) is 5.69 Å². The number of benzene rings is 2. The number of hydrogen-bond acceptors (Lipinski definition) is 6. The van der Waals surface area contributed by atoms with Crippen LogP contribution in [0, 0.1) is 0 Å². The van der Waals surface area contributed by atoms with Crippen LogP contribution in [0.5, 0.6) is 23.0 Å². The second-order valence-electron chi connectivity index (χ2n) is 4.23. The van der Waals surface area contributed by atoms with Gasteiger partial charge in [-0.15, -0.1) is 0 Å². The predicted molar refractivity (Wildman–Crippen MR) is 77.0 cm³/mol. The first kappa shape index (κ1) is 14.3. The molecule has 0 atom stereocenters. The Labute approximate surface area is 120 Å². The molecule has 0 fully saturated rings. The fraction of sp³-hybridized carbons (Fsp3) is 0. The molecular weight excluding hydrogens is 274 g/mol. The second kappa shape index (κ2) is 5.87. The summed E-state index contributed by atoms with van der Waals surface area (Å²) in [6.45, 7) is 0. The van der Waals surface area contributed by atoms with Gasteiger partial charge in [-0.3, -0.25) is 0 Å². The molecule has 0 bridgehead atoms. The molecule has 0 heterocycles. The van der Waals surface area contributed by atoms with Gasteiger partial charge in [0.05, 0.1) is 0 Å². The topological polar surface area (TPSA) is 113 Å². The minimum Gasteiger partial charge on any atom is -0.504 e. The van der Waals surface area contributed by atoms with E-state index < -0.39 is 5.97 Å². The first-order valence-electron chi connectivity index (χ1n) is 5.96. The lowest BCUT2D eigenvalue weighted by Gasteiger charge is -2.04. The van der Waals surface area contributed by atoms with E-state index in [1.807, 2.05) is 0 Å². The van der Waals surface area contributed by atoms with Crippen LogP contribution in [-0.2, 0) is 4.79 Å². The van der Waals surface area contributed by atoms with E-state index in [9.17, 15) is 15.0 Å². The van der Waals surface area contributed by atoms with Crippen LogP contribution in [0.25, 0.3) is 6.08 Å². The largest absolute Gasteiger partial charge is 0.504 e. The molecule has 0 aliphatic heterocycles. The van der Waals surface area contributed by atoms with Crippen molar-refractivity contribution in [1.82, 2.24) is 0 Å². The van der Waals surface area contributed by atoms with Gasteiger partial charge < -0.3 is 25.8 Å². The molecule has 2 aromatic rings. The van der Waals surface area contributed by atoms with Gasteiger partial charge in [-0.2, -0.15) is 0 Å². The van der Waals surface area contributed by atoms with Gasteiger partial charge in [0.1, 0.15) is 0 Å². The number of esters is 1. The molecule has 0 aromatic heterocycles. The first-order valence-corrected chi connectivity index (χ1v) is 5.96. The van der Waals surface area contributed by atoms with Crippen molar-refractivity contribution in [3.05, 3.63) is 48.0 Å². The van der Waals surface area contributed by atoms with Gasteiger partial charge in [0.25, 0.3) is 0 Å². The highest BCUT2D eigenvalue weighted by atomic mass is 16.5. The number of carbonyl (C=O) groups excluding carboxylic acids is 1. The van der Waals surface area contributed by atoms with Gasteiger partial charge in [0, 0.05) is 17.8 Å². The number of rotatable bonds is 3. The van der Waals surface area contributed by atoms with Crippen molar-refractivity contribution in [3.8, 4) is 23.0 Å². The Morgan fingerprint density at radius 1 is 1.00 bits per heavy atom. The van der Waals surface area contributed by atoms with Crippen LogP contribution in [0.15, 0.2) is 42.5 Å². The van der Waals surface area contributed by atoms with E-state index in [0.717, 1.165) is 6.08 Å². The van der Waals surface area contributed by atoms with Crippen molar-refractivity contribution in [2.24, 2.45) is 0 Å². The number of nitrogen functional groups attached to an aromatic ring is 1. The van der Waals surface area contributed by atoms with E-state index in [1.54, 1.807) is 0 Å². The Bertz CT molecular complexity index is 709. The number of carbonyl (C=O) groups is 1. The lowest BCUT2D eigenvalue weighted by molar-refractivity contribution is -0.129.